The summed E-state index contributed by atoms with van der Waals surface area (Å²) in [4.78, 5) is 17.6. The van der Waals surface area contributed by atoms with Gasteiger partial charge in [-0.3, -0.25) is 9.69 Å². The molecule has 24 heavy (non-hydrogen) atoms. The van der Waals surface area contributed by atoms with Crippen LogP contribution >= 0.6 is 11.8 Å². The summed E-state index contributed by atoms with van der Waals surface area (Å²) in [6.45, 7) is 6.26. The molecule has 2 aromatic rings. The van der Waals surface area contributed by atoms with E-state index in [0.29, 0.717) is 28.7 Å². The van der Waals surface area contributed by atoms with Crippen molar-refractivity contribution in [2.45, 2.75) is 50.3 Å². The number of H-pyrrole nitrogens is 1. The van der Waals surface area contributed by atoms with E-state index < -0.39 is 0 Å². The van der Waals surface area contributed by atoms with Gasteiger partial charge in [-0.05, 0) is 49.9 Å². The molecule has 0 saturated carbocycles. The van der Waals surface area contributed by atoms with Gasteiger partial charge in [-0.2, -0.15) is 0 Å². The second-order valence-corrected chi connectivity index (χ2v) is 8.62. The number of piperidine rings is 1. The Morgan fingerprint density at radius 3 is 3.08 bits per heavy atom. The molecule has 0 spiro atoms. The van der Waals surface area contributed by atoms with Crippen LogP contribution in [-0.4, -0.2) is 45.8 Å². The molecule has 0 amide bonds. The van der Waals surface area contributed by atoms with Crippen LogP contribution in [0.25, 0.3) is 10.9 Å². The predicted octanol–water partition coefficient (Wildman–Crippen LogP) is 3.98. The van der Waals surface area contributed by atoms with Gasteiger partial charge in [0, 0.05) is 40.9 Å². The van der Waals surface area contributed by atoms with E-state index in [1.807, 2.05) is 11.8 Å². The molecule has 1 N–H and O–H groups in total. The molecule has 128 valence electrons. The summed E-state index contributed by atoms with van der Waals surface area (Å²) >= 11 is 1.86. The first-order valence-corrected chi connectivity index (χ1v) is 10.2. The van der Waals surface area contributed by atoms with Gasteiger partial charge in [-0.25, -0.2) is 0 Å². The average Bonchev–Trinajstić information content (AvgIpc) is 2.99. The third kappa shape index (κ3) is 2.80. The maximum atomic E-state index is 11.4. The fraction of sp³-hybridized carbons (Fsp3) is 0.550. The number of fused-ring (bicyclic) bond motifs is 2. The van der Waals surface area contributed by atoms with Crippen LogP contribution in [0.15, 0.2) is 24.4 Å². The van der Waals surface area contributed by atoms with Gasteiger partial charge in [-0.15, -0.1) is 11.8 Å². The first kappa shape index (κ1) is 16.2. The lowest BCUT2D eigenvalue weighted by Crippen LogP contribution is -2.51. The number of carbonyl (C=O) groups excluding carboxylic acids is 1. The van der Waals surface area contributed by atoms with Crippen LogP contribution in [0.5, 0.6) is 0 Å². The number of ketones is 1. The quantitative estimate of drug-likeness (QED) is 0.893. The molecular formula is C20H26N2OS. The number of nitrogens with one attached hydrogen (secondary N) is 1. The molecule has 2 heterocycles. The summed E-state index contributed by atoms with van der Waals surface area (Å²) in [6.07, 6.45) is 5.76. The normalized spacial score (nSPS) is 26.5. The molecule has 1 aliphatic carbocycles. The molecule has 1 fully saturated rings. The third-order valence-corrected chi connectivity index (χ3v) is 6.96. The molecule has 1 aliphatic heterocycles. The second kappa shape index (κ2) is 6.57. The van der Waals surface area contributed by atoms with Crippen LogP contribution in [-0.2, 0) is 11.2 Å². The minimum Gasteiger partial charge on any atom is -0.361 e. The van der Waals surface area contributed by atoms with Crippen molar-refractivity contribution in [1.29, 1.82) is 0 Å². The van der Waals surface area contributed by atoms with Crippen molar-refractivity contribution < 1.29 is 4.79 Å². The number of thioether (sulfide) groups is 1. The Morgan fingerprint density at radius 2 is 2.29 bits per heavy atom. The molecule has 2 aliphatic rings. The number of hydrogen-bond donors (Lipinski definition) is 1. The molecule has 3 atom stereocenters. The number of rotatable bonds is 5. The first-order chi connectivity index (χ1) is 11.7. The fourth-order valence-electron chi connectivity index (χ4n) is 4.65. The van der Waals surface area contributed by atoms with Gasteiger partial charge in [0.25, 0.3) is 0 Å². The highest BCUT2D eigenvalue weighted by atomic mass is 32.2. The van der Waals surface area contributed by atoms with E-state index in [1.165, 1.54) is 34.9 Å². The van der Waals surface area contributed by atoms with E-state index in [-0.39, 0.29) is 0 Å². The van der Waals surface area contributed by atoms with Gasteiger partial charge < -0.3 is 4.98 Å². The predicted molar refractivity (Wildman–Crippen MR) is 102 cm³/mol. The highest BCUT2D eigenvalue weighted by Gasteiger charge is 2.40. The Labute approximate surface area is 148 Å². The van der Waals surface area contributed by atoms with E-state index in [2.05, 4.69) is 41.2 Å². The zero-order chi connectivity index (χ0) is 16.7. The zero-order valence-electron chi connectivity index (χ0n) is 14.5. The minimum atomic E-state index is 0.294. The van der Waals surface area contributed by atoms with Crippen molar-refractivity contribution in [2.75, 3.05) is 18.8 Å². The number of benzene rings is 1. The fourth-order valence-corrected chi connectivity index (χ4v) is 5.76. The molecule has 0 radical (unpaired) electrons. The van der Waals surface area contributed by atoms with Crippen LogP contribution in [0, 0.1) is 0 Å². The van der Waals surface area contributed by atoms with Crippen LogP contribution in [0.4, 0.5) is 0 Å². The molecule has 1 saturated heterocycles. The summed E-state index contributed by atoms with van der Waals surface area (Å²) in [5.41, 5.74) is 4.29. The lowest BCUT2D eigenvalue weighted by atomic mass is 9.75. The summed E-state index contributed by atoms with van der Waals surface area (Å²) < 4.78 is 0. The van der Waals surface area contributed by atoms with Crippen molar-refractivity contribution in [2.24, 2.45) is 0 Å². The van der Waals surface area contributed by atoms with Crippen molar-refractivity contribution >= 4 is 28.4 Å². The minimum absolute atomic E-state index is 0.294. The number of Topliss-reactive ketones (excluding diaryl/α,β-unsaturated/α-hetero) is 1. The van der Waals surface area contributed by atoms with Gasteiger partial charge in [0.05, 0.1) is 5.75 Å². The number of aromatic amines is 1. The van der Waals surface area contributed by atoms with Gasteiger partial charge in [0.1, 0.15) is 5.78 Å². The maximum absolute atomic E-state index is 11.4. The number of nitrogens with zero attached hydrogens (tertiary/aromatic N) is 1. The van der Waals surface area contributed by atoms with Crippen LogP contribution < -0.4 is 0 Å². The molecule has 4 rings (SSSR count). The average molecular weight is 343 g/mol. The summed E-state index contributed by atoms with van der Waals surface area (Å²) in [5.74, 6) is 1.55. The molecule has 4 heteroatoms. The Balaban J connectivity index is 1.68. The van der Waals surface area contributed by atoms with E-state index in [1.54, 1.807) is 6.92 Å². The number of aromatic nitrogens is 1. The van der Waals surface area contributed by atoms with Crippen molar-refractivity contribution in [3.05, 3.63) is 35.5 Å². The van der Waals surface area contributed by atoms with Gasteiger partial charge >= 0.3 is 0 Å². The summed E-state index contributed by atoms with van der Waals surface area (Å²) in [5, 5.41) is 2.03. The Morgan fingerprint density at radius 1 is 1.42 bits per heavy atom. The van der Waals surface area contributed by atoms with Crippen molar-refractivity contribution in [3.63, 3.8) is 0 Å². The van der Waals surface area contributed by atoms with Crippen molar-refractivity contribution in [1.82, 2.24) is 9.88 Å². The molecule has 1 aromatic carbocycles. The van der Waals surface area contributed by atoms with Crippen LogP contribution in [0.1, 0.15) is 43.7 Å². The SMILES string of the molecule is CCCN1CC(SCC(C)=O)CC2c3cccc4[nH]cc(c34)CC21. The first-order valence-electron chi connectivity index (χ1n) is 9.11. The molecule has 0 bridgehead atoms. The third-order valence-electron chi connectivity index (χ3n) is 5.57. The largest absolute Gasteiger partial charge is 0.361 e. The number of carbonyl (C=O) groups is 1. The van der Waals surface area contributed by atoms with Crippen molar-refractivity contribution in [3.8, 4) is 0 Å². The molecule has 3 unspecified atom stereocenters. The van der Waals surface area contributed by atoms with Crippen LogP contribution in [0.2, 0.25) is 0 Å². The van der Waals surface area contributed by atoms with E-state index >= 15 is 0 Å². The number of likely N-dealkylation sites (tertiary alicyclic amines) is 1. The summed E-state index contributed by atoms with van der Waals surface area (Å²) in [7, 11) is 0. The highest BCUT2D eigenvalue weighted by molar-refractivity contribution is 8.00. The lowest BCUT2D eigenvalue weighted by molar-refractivity contribution is -0.114. The highest BCUT2D eigenvalue weighted by Crippen LogP contribution is 2.45. The molecule has 1 aromatic heterocycles. The smallest absolute Gasteiger partial charge is 0.139 e. The summed E-state index contributed by atoms with van der Waals surface area (Å²) in [6, 6.07) is 7.33. The van der Waals surface area contributed by atoms with Gasteiger partial charge in [0.15, 0.2) is 0 Å². The number of hydrogen-bond acceptors (Lipinski definition) is 3. The van der Waals surface area contributed by atoms with E-state index in [0.717, 1.165) is 19.5 Å². The van der Waals surface area contributed by atoms with Crippen LogP contribution in [0.3, 0.4) is 0 Å². The monoisotopic (exact) mass is 342 g/mol. The second-order valence-electron chi connectivity index (χ2n) is 7.33. The zero-order valence-corrected chi connectivity index (χ0v) is 15.4. The molecule has 3 nitrogen and oxygen atoms in total. The standard InChI is InChI=1S/C20H26N2OS/c1-3-7-22-11-15(24-12-13(2)23)9-17-16-5-4-6-18-20(16)14(10-21-18)8-19(17)22/h4-6,10,15,17,19,21H,3,7-9,11-12H2,1-2H3. The van der Waals surface area contributed by atoms with E-state index in [4.69, 9.17) is 0 Å². The van der Waals surface area contributed by atoms with Gasteiger partial charge in [0.2, 0.25) is 0 Å². The topological polar surface area (TPSA) is 36.1 Å². The Kier molecular flexibility index (Phi) is 4.44. The van der Waals surface area contributed by atoms with E-state index in [9.17, 15) is 4.79 Å². The Bertz CT molecular complexity index is 753. The maximum Gasteiger partial charge on any atom is 0.139 e. The van der Waals surface area contributed by atoms with Gasteiger partial charge in [-0.1, -0.05) is 19.1 Å². The lowest BCUT2D eigenvalue weighted by Gasteiger charge is -2.47. The molecular weight excluding hydrogens is 316 g/mol. The Hall–Kier alpha value is -1.26.